The van der Waals surface area contributed by atoms with Crippen LogP contribution in [0.4, 0.5) is 10.5 Å². The van der Waals surface area contributed by atoms with E-state index in [1.807, 2.05) is 0 Å². The molecule has 3 N–H and O–H groups in total. The summed E-state index contributed by atoms with van der Waals surface area (Å²) in [5, 5.41) is 13.5. The molecule has 0 unspecified atom stereocenters. The molecule has 2 amide bonds. The first-order valence-corrected chi connectivity index (χ1v) is 5.50. The highest BCUT2D eigenvalue weighted by Gasteiger charge is 2.15. The fraction of sp³-hybridized carbons (Fsp3) is 0.333. The van der Waals surface area contributed by atoms with Gasteiger partial charge in [0.2, 0.25) is 0 Å². The third-order valence-electron chi connectivity index (χ3n) is 2.37. The number of carbonyl (C=O) groups excluding carboxylic acids is 1. The van der Waals surface area contributed by atoms with E-state index in [9.17, 15) is 9.59 Å². The minimum atomic E-state index is -1.12. The molecular formula is C12H16N2O5. The number of carboxylic acids is 1. The van der Waals surface area contributed by atoms with Gasteiger partial charge in [0.05, 0.1) is 19.9 Å². The predicted octanol–water partition coefficient (Wildman–Crippen LogP) is 1.30. The number of ether oxygens (including phenoxy) is 2. The second-order valence-corrected chi connectivity index (χ2v) is 3.72. The van der Waals surface area contributed by atoms with Crippen molar-refractivity contribution >= 4 is 17.7 Å². The Bertz CT molecular complexity index is 475. The largest absolute Gasteiger partial charge is 0.497 e. The zero-order chi connectivity index (χ0) is 14.4. The molecule has 19 heavy (non-hydrogen) atoms. The molecule has 7 heteroatoms. The lowest BCUT2D eigenvalue weighted by Crippen LogP contribution is -2.40. The van der Waals surface area contributed by atoms with Crippen LogP contribution in [0.3, 0.4) is 0 Å². The first kappa shape index (κ1) is 14.6. The number of nitrogens with one attached hydrogen (secondary N) is 2. The number of amides is 2. The van der Waals surface area contributed by atoms with Gasteiger partial charge in [0, 0.05) is 6.07 Å². The van der Waals surface area contributed by atoms with Crippen LogP contribution in [0.25, 0.3) is 0 Å². The number of urea groups is 1. The molecular weight excluding hydrogens is 252 g/mol. The Labute approximate surface area is 110 Å². The van der Waals surface area contributed by atoms with Gasteiger partial charge in [-0.2, -0.15) is 0 Å². The molecule has 0 aromatic heterocycles. The molecule has 104 valence electrons. The maximum absolute atomic E-state index is 11.6. The normalized spacial score (nSPS) is 11.3. The topological polar surface area (TPSA) is 96.9 Å². The number of anilines is 1. The van der Waals surface area contributed by atoms with Crippen LogP contribution in [0.5, 0.6) is 11.5 Å². The zero-order valence-electron chi connectivity index (χ0n) is 10.9. The van der Waals surface area contributed by atoms with E-state index in [1.54, 1.807) is 18.2 Å². The molecule has 0 saturated carbocycles. The SMILES string of the molecule is COc1ccc(OC)c(NC(=O)N[C@@H](C)C(=O)O)c1. The van der Waals surface area contributed by atoms with E-state index in [-0.39, 0.29) is 0 Å². The Morgan fingerprint density at radius 1 is 1.26 bits per heavy atom. The van der Waals surface area contributed by atoms with Gasteiger partial charge in [0.15, 0.2) is 0 Å². The van der Waals surface area contributed by atoms with Crippen molar-refractivity contribution in [3.8, 4) is 11.5 Å². The van der Waals surface area contributed by atoms with Crippen LogP contribution in [0, 0.1) is 0 Å². The summed E-state index contributed by atoms with van der Waals surface area (Å²) in [6, 6.07) is 3.26. The molecule has 1 atom stereocenters. The predicted molar refractivity (Wildman–Crippen MR) is 68.8 cm³/mol. The second-order valence-electron chi connectivity index (χ2n) is 3.72. The highest BCUT2D eigenvalue weighted by atomic mass is 16.5. The molecule has 0 fully saturated rings. The summed E-state index contributed by atoms with van der Waals surface area (Å²) in [7, 11) is 2.96. The summed E-state index contributed by atoms with van der Waals surface area (Å²) in [4.78, 5) is 22.2. The van der Waals surface area contributed by atoms with E-state index < -0.39 is 18.0 Å². The number of benzene rings is 1. The van der Waals surface area contributed by atoms with E-state index in [1.165, 1.54) is 21.1 Å². The highest BCUT2D eigenvalue weighted by molar-refractivity contribution is 5.93. The van der Waals surface area contributed by atoms with Crippen molar-refractivity contribution in [2.75, 3.05) is 19.5 Å². The first-order chi connectivity index (χ1) is 8.97. The van der Waals surface area contributed by atoms with E-state index in [0.717, 1.165) is 0 Å². The van der Waals surface area contributed by atoms with Crippen molar-refractivity contribution in [1.82, 2.24) is 5.32 Å². The number of aliphatic carboxylic acids is 1. The maximum Gasteiger partial charge on any atom is 0.325 e. The third kappa shape index (κ3) is 4.06. The molecule has 0 bridgehead atoms. The summed E-state index contributed by atoms with van der Waals surface area (Å²) < 4.78 is 10.1. The fourth-order valence-corrected chi connectivity index (χ4v) is 1.33. The summed E-state index contributed by atoms with van der Waals surface area (Å²) in [5.74, 6) is -0.130. The number of rotatable bonds is 5. The van der Waals surface area contributed by atoms with Crippen molar-refractivity contribution in [3.05, 3.63) is 18.2 Å². The van der Waals surface area contributed by atoms with E-state index >= 15 is 0 Å². The first-order valence-electron chi connectivity index (χ1n) is 5.50. The van der Waals surface area contributed by atoms with E-state index in [0.29, 0.717) is 17.2 Å². The summed E-state index contributed by atoms with van der Waals surface area (Å²) >= 11 is 0. The van der Waals surface area contributed by atoms with Crippen molar-refractivity contribution in [2.24, 2.45) is 0 Å². The van der Waals surface area contributed by atoms with Crippen LogP contribution in [0.2, 0.25) is 0 Å². The molecule has 1 aromatic carbocycles. The third-order valence-corrected chi connectivity index (χ3v) is 2.37. The van der Waals surface area contributed by atoms with Gasteiger partial charge in [0.1, 0.15) is 17.5 Å². The highest BCUT2D eigenvalue weighted by Crippen LogP contribution is 2.28. The van der Waals surface area contributed by atoms with Crippen molar-refractivity contribution < 1.29 is 24.2 Å². The van der Waals surface area contributed by atoms with Crippen LogP contribution in [0.1, 0.15) is 6.92 Å². The molecule has 7 nitrogen and oxygen atoms in total. The van der Waals surface area contributed by atoms with Crippen LogP contribution in [-0.2, 0) is 4.79 Å². The maximum atomic E-state index is 11.6. The summed E-state index contributed by atoms with van der Waals surface area (Å²) in [6.07, 6.45) is 0. The second kappa shape index (κ2) is 6.48. The lowest BCUT2D eigenvalue weighted by Gasteiger charge is -2.14. The molecule has 0 aliphatic carbocycles. The average Bonchev–Trinajstić information content (AvgIpc) is 2.38. The number of carbonyl (C=O) groups is 2. The Morgan fingerprint density at radius 3 is 2.47 bits per heavy atom. The Morgan fingerprint density at radius 2 is 1.95 bits per heavy atom. The standard InChI is InChI=1S/C12H16N2O5/c1-7(11(15)16)13-12(17)14-9-6-8(18-2)4-5-10(9)19-3/h4-7H,1-3H3,(H,15,16)(H2,13,14,17)/t7-/m0/s1. The zero-order valence-corrected chi connectivity index (χ0v) is 10.9. The van der Waals surface area contributed by atoms with E-state index in [2.05, 4.69) is 10.6 Å². The molecule has 1 aromatic rings. The van der Waals surface area contributed by atoms with Crippen LogP contribution >= 0.6 is 0 Å². The van der Waals surface area contributed by atoms with Crippen molar-refractivity contribution in [3.63, 3.8) is 0 Å². The number of methoxy groups -OCH3 is 2. The van der Waals surface area contributed by atoms with Crippen molar-refractivity contribution in [2.45, 2.75) is 13.0 Å². The fourth-order valence-electron chi connectivity index (χ4n) is 1.33. The minimum Gasteiger partial charge on any atom is -0.497 e. The van der Waals surface area contributed by atoms with Crippen molar-refractivity contribution in [1.29, 1.82) is 0 Å². The number of hydrogen-bond acceptors (Lipinski definition) is 4. The molecule has 0 aliphatic rings. The van der Waals surface area contributed by atoms with Crippen LogP contribution in [0.15, 0.2) is 18.2 Å². The van der Waals surface area contributed by atoms with E-state index in [4.69, 9.17) is 14.6 Å². The Hall–Kier alpha value is -2.44. The van der Waals surface area contributed by atoms with Gasteiger partial charge in [-0.15, -0.1) is 0 Å². The minimum absolute atomic E-state index is 0.386. The van der Waals surface area contributed by atoms with Gasteiger partial charge >= 0.3 is 12.0 Å². The quantitative estimate of drug-likeness (QED) is 0.747. The average molecular weight is 268 g/mol. The van der Waals surface area contributed by atoms with Gasteiger partial charge in [-0.25, -0.2) is 4.79 Å². The van der Waals surface area contributed by atoms with Gasteiger partial charge in [-0.1, -0.05) is 0 Å². The molecule has 0 spiro atoms. The lowest BCUT2D eigenvalue weighted by atomic mass is 10.2. The molecule has 0 heterocycles. The molecule has 0 radical (unpaired) electrons. The molecule has 1 rings (SSSR count). The Kier molecular flexibility index (Phi) is 4.99. The molecule has 0 aliphatic heterocycles. The summed E-state index contributed by atoms with van der Waals surface area (Å²) in [5.41, 5.74) is 0.386. The van der Waals surface area contributed by atoms with Gasteiger partial charge in [-0.3, -0.25) is 4.79 Å². The monoisotopic (exact) mass is 268 g/mol. The Balaban J connectivity index is 2.80. The van der Waals surface area contributed by atoms with Crippen LogP contribution in [-0.4, -0.2) is 37.4 Å². The summed E-state index contributed by atoms with van der Waals surface area (Å²) in [6.45, 7) is 1.37. The van der Waals surface area contributed by atoms with Gasteiger partial charge in [0.25, 0.3) is 0 Å². The number of hydrogen-bond donors (Lipinski definition) is 3. The van der Waals surface area contributed by atoms with Gasteiger partial charge < -0.3 is 25.2 Å². The molecule has 0 saturated heterocycles. The van der Waals surface area contributed by atoms with Gasteiger partial charge in [-0.05, 0) is 19.1 Å². The number of carboxylic acid groups (broad SMARTS) is 1. The lowest BCUT2D eigenvalue weighted by molar-refractivity contribution is -0.138. The smallest absolute Gasteiger partial charge is 0.325 e. The van der Waals surface area contributed by atoms with Crippen LogP contribution < -0.4 is 20.1 Å².